The van der Waals surface area contributed by atoms with Gasteiger partial charge in [-0.1, -0.05) is 35.9 Å². The lowest BCUT2D eigenvalue weighted by atomic mass is 10.1. The largest absolute Gasteiger partial charge is 0.478 e. The molecule has 3 rings (SSSR count). The van der Waals surface area contributed by atoms with E-state index in [1.807, 2.05) is 0 Å². The minimum Gasteiger partial charge on any atom is -0.478 e. The van der Waals surface area contributed by atoms with Crippen molar-refractivity contribution < 1.29 is 18.3 Å². The van der Waals surface area contributed by atoms with Gasteiger partial charge < -0.3 is 4.74 Å². The van der Waals surface area contributed by atoms with Crippen LogP contribution in [0.1, 0.15) is 12.5 Å². The van der Waals surface area contributed by atoms with Crippen molar-refractivity contribution in [2.75, 3.05) is 4.90 Å². The van der Waals surface area contributed by atoms with Crippen LogP contribution in [0.2, 0.25) is 5.02 Å². The third-order valence-electron chi connectivity index (χ3n) is 4.06. The fourth-order valence-electron chi connectivity index (χ4n) is 2.63. The summed E-state index contributed by atoms with van der Waals surface area (Å²) in [7, 11) is 0. The molecular weight excluding hydrogens is 386 g/mol. The summed E-state index contributed by atoms with van der Waals surface area (Å²) in [5.74, 6) is -1.38. The molecular formula is C21H17ClF2N2O2. The van der Waals surface area contributed by atoms with Gasteiger partial charge in [-0.25, -0.2) is 13.8 Å². The molecule has 28 heavy (non-hydrogen) atoms. The number of pyridine rings is 1. The molecule has 7 heteroatoms. The summed E-state index contributed by atoms with van der Waals surface area (Å²) >= 11 is 6.12. The molecule has 1 amide bonds. The molecule has 0 bridgehead atoms. The second-order valence-corrected chi connectivity index (χ2v) is 6.41. The Balaban J connectivity index is 1.90. The van der Waals surface area contributed by atoms with Crippen molar-refractivity contribution in [3.05, 3.63) is 89.1 Å². The van der Waals surface area contributed by atoms with Crippen molar-refractivity contribution in [2.45, 2.75) is 19.6 Å². The number of aromatic nitrogens is 1. The van der Waals surface area contributed by atoms with Crippen molar-refractivity contribution in [2.24, 2.45) is 0 Å². The molecule has 0 aliphatic rings. The number of rotatable bonds is 6. The van der Waals surface area contributed by atoms with Crippen LogP contribution >= 0.6 is 11.6 Å². The van der Waals surface area contributed by atoms with Gasteiger partial charge in [0.15, 0.2) is 17.7 Å². The van der Waals surface area contributed by atoms with E-state index in [9.17, 15) is 13.6 Å². The highest BCUT2D eigenvalue weighted by atomic mass is 35.5. The highest BCUT2D eigenvalue weighted by Gasteiger charge is 2.27. The second-order valence-electron chi connectivity index (χ2n) is 6.00. The van der Waals surface area contributed by atoms with Crippen LogP contribution in [0.3, 0.4) is 0 Å². The number of hydrogen-bond acceptors (Lipinski definition) is 3. The van der Waals surface area contributed by atoms with E-state index >= 15 is 0 Å². The number of amides is 1. The third kappa shape index (κ3) is 4.46. The maximum atomic E-state index is 14.3. The predicted molar refractivity (Wildman–Crippen MR) is 103 cm³/mol. The lowest BCUT2D eigenvalue weighted by molar-refractivity contribution is -0.124. The lowest BCUT2D eigenvalue weighted by Crippen LogP contribution is -2.41. The topological polar surface area (TPSA) is 42.4 Å². The minimum atomic E-state index is -1.04. The van der Waals surface area contributed by atoms with Crippen molar-refractivity contribution in [3.8, 4) is 5.75 Å². The number of carbonyl (C=O) groups is 1. The van der Waals surface area contributed by atoms with Crippen LogP contribution in [0, 0.1) is 11.6 Å². The van der Waals surface area contributed by atoms with E-state index < -0.39 is 23.6 Å². The van der Waals surface area contributed by atoms with E-state index in [2.05, 4.69) is 4.98 Å². The number of ether oxygens (including phenoxy) is 1. The fraction of sp³-hybridized carbons (Fsp3) is 0.143. The molecule has 0 aliphatic heterocycles. The third-order valence-corrected chi connectivity index (χ3v) is 4.41. The van der Waals surface area contributed by atoms with Crippen LogP contribution in [0.25, 0.3) is 0 Å². The highest BCUT2D eigenvalue weighted by molar-refractivity contribution is 6.31. The summed E-state index contributed by atoms with van der Waals surface area (Å²) in [6, 6.07) is 15.1. The van der Waals surface area contributed by atoms with Gasteiger partial charge in [-0.15, -0.1) is 0 Å². The Hall–Kier alpha value is -2.99. The highest BCUT2D eigenvalue weighted by Crippen LogP contribution is 2.25. The normalized spacial score (nSPS) is 11.7. The van der Waals surface area contributed by atoms with Crippen LogP contribution in [0.5, 0.6) is 5.75 Å². The number of carbonyl (C=O) groups excluding carboxylic acids is 1. The average molecular weight is 403 g/mol. The summed E-state index contributed by atoms with van der Waals surface area (Å²) in [6.07, 6.45) is 0.477. The van der Waals surface area contributed by atoms with E-state index in [1.165, 1.54) is 48.4 Å². The first-order valence-corrected chi connectivity index (χ1v) is 8.91. The number of para-hydroxylation sites is 1. The summed E-state index contributed by atoms with van der Waals surface area (Å²) in [5.41, 5.74) is 0.154. The molecule has 0 spiro atoms. The number of hydrogen-bond donors (Lipinski definition) is 0. The standard InChI is InChI=1S/C21H17ClF2N2O2/c1-14(28-19-10-3-2-8-18(19)24)21(27)26(20-11-4-5-12-25-20)13-15-16(22)7-6-9-17(15)23/h2-12,14H,13H2,1H3/t14-/m0/s1. The molecule has 0 unspecified atom stereocenters. The Kier molecular flexibility index (Phi) is 6.21. The van der Waals surface area contributed by atoms with Crippen LogP contribution < -0.4 is 9.64 Å². The summed E-state index contributed by atoms with van der Waals surface area (Å²) < 4.78 is 33.6. The zero-order valence-corrected chi connectivity index (χ0v) is 15.7. The Morgan fingerprint density at radius 3 is 2.46 bits per heavy atom. The van der Waals surface area contributed by atoms with E-state index in [-0.39, 0.29) is 22.9 Å². The van der Waals surface area contributed by atoms with Gasteiger partial charge in [0.25, 0.3) is 5.91 Å². The first kappa shape index (κ1) is 19.8. The quantitative estimate of drug-likeness (QED) is 0.581. The van der Waals surface area contributed by atoms with E-state index in [0.717, 1.165) is 0 Å². The summed E-state index contributed by atoms with van der Waals surface area (Å²) in [5, 5.41) is 0.191. The minimum absolute atomic E-state index is 0.0479. The molecule has 1 atom stereocenters. The van der Waals surface area contributed by atoms with Gasteiger partial charge in [0, 0.05) is 16.8 Å². The van der Waals surface area contributed by atoms with Crippen molar-refractivity contribution in [1.29, 1.82) is 0 Å². The molecule has 144 valence electrons. The number of benzene rings is 2. The maximum Gasteiger partial charge on any atom is 0.269 e. The Morgan fingerprint density at radius 2 is 1.79 bits per heavy atom. The number of halogens is 3. The van der Waals surface area contributed by atoms with Gasteiger partial charge in [0.2, 0.25) is 0 Å². The summed E-state index contributed by atoms with van der Waals surface area (Å²) in [4.78, 5) is 18.5. The van der Waals surface area contributed by atoms with Crippen molar-refractivity contribution in [3.63, 3.8) is 0 Å². The van der Waals surface area contributed by atoms with E-state index in [4.69, 9.17) is 16.3 Å². The second kappa shape index (κ2) is 8.80. The first-order valence-electron chi connectivity index (χ1n) is 8.54. The fourth-order valence-corrected chi connectivity index (χ4v) is 2.85. The summed E-state index contributed by atoms with van der Waals surface area (Å²) in [6.45, 7) is 1.35. The zero-order chi connectivity index (χ0) is 20.1. The molecule has 4 nitrogen and oxygen atoms in total. The van der Waals surface area contributed by atoms with Crippen LogP contribution in [0.15, 0.2) is 66.9 Å². The van der Waals surface area contributed by atoms with Gasteiger partial charge in [-0.2, -0.15) is 0 Å². The van der Waals surface area contributed by atoms with Gasteiger partial charge in [-0.05, 0) is 43.3 Å². The molecule has 3 aromatic rings. The molecule has 0 fully saturated rings. The number of nitrogens with zero attached hydrogens (tertiary/aromatic N) is 2. The van der Waals surface area contributed by atoms with Crippen molar-refractivity contribution >= 4 is 23.3 Å². The maximum absolute atomic E-state index is 14.3. The molecule has 0 aliphatic carbocycles. The smallest absolute Gasteiger partial charge is 0.269 e. The monoisotopic (exact) mass is 402 g/mol. The van der Waals surface area contributed by atoms with Gasteiger partial charge in [0.1, 0.15) is 11.6 Å². The van der Waals surface area contributed by atoms with E-state index in [1.54, 1.807) is 30.3 Å². The Morgan fingerprint density at radius 1 is 1.07 bits per heavy atom. The Labute approximate surface area is 166 Å². The van der Waals surface area contributed by atoms with Gasteiger partial charge >= 0.3 is 0 Å². The predicted octanol–water partition coefficient (Wildman–Crippen LogP) is 5.01. The molecule has 0 radical (unpaired) electrons. The van der Waals surface area contributed by atoms with Gasteiger partial charge in [-0.3, -0.25) is 9.69 Å². The number of anilines is 1. The lowest BCUT2D eigenvalue weighted by Gasteiger charge is -2.26. The molecule has 1 aromatic heterocycles. The molecule has 1 heterocycles. The van der Waals surface area contributed by atoms with E-state index in [0.29, 0.717) is 5.82 Å². The SMILES string of the molecule is C[C@H](Oc1ccccc1F)C(=O)N(Cc1c(F)cccc1Cl)c1ccccn1. The molecule has 0 saturated heterocycles. The van der Waals surface area contributed by atoms with Crippen LogP contribution in [-0.2, 0) is 11.3 Å². The first-order chi connectivity index (χ1) is 13.5. The molecule has 2 aromatic carbocycles. The van der Waals surface area contributed by atoms with Crippen LogP contribution in [-0.4, -0.2) is 17.0 Å². The molecule has 0 N–H and O–H groups in total. The van der Waals surface area contributed by atoms with Crippen LogP contribution in [0.4, 0.5) is 14.6 Å². The Bertz CT molecular complexity index is 949. The zero-order valence-electron chi connectivity index (χ0n) is 15.0. The molecule has 0 saturated carbocycles. The average Bonchev–Trinajstić information content (AvgIpc) is 2.70. The van der Waals surface area contributed by atoms with Crippen molar-refractivity contribution in [1.82, 2.24) is 4.98 Å². The van der Waals surface area contributed by atoms with Gasteiger partial charge in [0.05, 0.1) is 6.54 Å².